The maximum Gasteiger partial charge on any atom is 0.286 e. The molecule has 1 aliphatic heterocycles. The molecule has 0 bridgehead atoms. The molecule has 1 aromatic carbocycles. The molecule has 0 saturated heterocycles. The highest BCUT2D eigenvalue weighted by atomic mass is 16.7. The molecule has 5 nitrogen and oxygen atoms in total. The Balaban J connectivity index is 2.17. The second-order valence-electron chi connectivity index (χ2n) is 5.48. The van der Waals surface area contributed by atoms with Crippen LogP contribution in [-0.4, -0.2) is 28.8 Å². The number of hydrogen-bond donors (Lipinski definition) is 1. The summed E-state index contributed by atoms with van der Waals surface area (Å²) in [4.78, 5) is 29.3. The van der Waals surface area contributed by atoms with Crippen LogP contribution in [0.15, 0.2) is 36.4 Å². The summed E-state index contributed by atoms with van der Waals surface area (Å²) in [6, 6.07) is 8.94. The second-order valence-corrected chi connectivity index (χ2v) is 5.48. The number of hydroxylamine groups is 2. The van der Waals surface area contributed by atoms with E-state index < -0.39 is 17.7 Å². The Morgan fingerprint density at radius 1 is 1.32 bits per heavy atom. The number of carbonyl (C=O) groups is 2. The summed E-state index contributed by atoms with van der Waals surface area (Å²) in [5, 5.41) is 1.59. The van der Waals surface area contributed by atoms with Crippen LogP contribution in [-0.2, 0) is 14.4 Å². The van der Waals surface area contributed by atoms with Gasteiger partial charge in [0.2, 0.25) is 5.78 Å². The van der Waals surface area contributed by atoms with Crippen LogP contribution in [0.2, 0.25) is 0 Å². The molecule has 0 fully saturated rings. The van der Waals surface area contributed by atoms with E-state index in [1.54, 1.807) is 5.06 Å². The van der Waals surface area contributed by atoms with Crippen molar-refractivity contribution in [1.29, 1.82) is 0 Å². The van der Waals surface area contributed by atoms with Gasteiger partial charge in [-0.2, -0.15) is 0 Å². The van der Waals surface area contributed by atoms with E-state index in [9.17, 15) is 9.59 Å². The Labute approximate surface area is 130 Å². The van der Waals surface area contributed by atoms with Gasteiger partial charge < -0.3 is 10.6 Å². The van der Waals surface area contributed by atoms with E-state index in [4.69, 9.17) is 10.6 Å². The summed E-state index contributed by atoms with van der Waals surface area (Å²) in [5.74, 6) is -0.806. The minimum absolute atomic E-state index is 0.0969. The molecule has 0 radical (unpaired) electrons. The lowest BCUT2D eigenvalue weighted by molar-refractivity contribution is -0.158. The number of unbranched alkanes of at least 4 members (excludes halogenated alkanes) is 1. The summed E-state index contributed by atoms with van der Waals surface area (Å²) < 4.78 is 0. The number of primary amides is 1. The number of ketones is 1. The first kappa shape index (κ1) is 16.2. The normalized spacial score (nSPS) is 19.4. The highest BCUT2D eigenvalue weighted by molar-refractivity contribution is 6.37. The summed E-state index contributed by atoms with van der Waals surface area (Å²) in [6.07, 6.45) is 4.27. The van der Waals surface area contributed by atoms with Gasteiger partial charge in [-0.05, 0) is 19.4 Å². The molecule has 2 N–H and O–H groups in total. The molecule has 1 unspecified atom stereocenters. The lowest BCUT2D eigenvalue weighted by Crippen LogP contribution is -2.47. The van der Waals surface area contributed by atoms with E-state index in [1.807, 2.05) is 50.3 Å². The number of benzene rings is 1. The van der Waals surface area contributed by atoms with Gasteiger partial charge in [0.05, 0.1) is 6.04 Å². The average molecular weight is 302 g/mol. The van der Waals surface area contributed by atoms with Crippen molar-refractivity contribution in [3.63, 3.8) is 0 Å². The molecule has 0 spiro atoms. The summed E-state index contributed by atoms with van der Waals surface area (Å²) in [6.45, 7) is 3.97. The number of nitrogens with zero attached hydrogens (tertiary/aromatic N) is 1. The molecule has 1 aliphatic rings. The maximum atomic E-state index is 12.1. The molecule has 118 valence electrons. The fraction of sp³-hybridized carbons (Fsp3) is 0.412. The number of rotatable bonds is 7. The average Bonchev–Trinajstić information content (AvgIpc) is 2.90. The molecule has 1 heterocycles. The topological polar surface area (TPSA) is 72.6 Å². The van der Waals surface area contributed by atoms with Crippen LogP contribution in [0.1, 0.15) is 38.7 Å². The van der Waals surface area contributed by atoms with Gasteiger partial charge in [0.25, 0.3) is 5.91 Å². The Morgan fingerprint density at radius 3 is 2.59 bits per heavy atom. The van der Waals surface area contributed by atoms with Gasteiger partial charge in [-0.25, -0.2) is 0 Å². The van der Waals surface area contributed by atoms with Crippen molar-refractivity contribution in [2.45, 2.75) is 45.2 Å². The van der Waals surface area contributed by atoms with Crippen molar-refractivity contribution in [3.8, 4) is 0 Å². The Hall–Kier alpha value is -2.14. The van der Waals surface area contributed by atoms with Crippen LogP contribution in [0.25, 0.3) is 5.76 Å². The first-order valence-corrected chi connectivity index (χ1v) is 7.61. The van der Waals surface area contributed by atoms with Crippen molar-refractivity contribution in [1.82, 2.24) is 5.06 Å². The molecule has 2 atom stereocenters. The fourth-order valence-corrected chi connectivity index (χ4v) is 2.55. The zero-order valence-corrected chi connectivity index (χ0v) is 13.0. The Morgan fingerprint density at radius 2 is 2.00 bits per heavy atom. The molecular formula is C17H22N2O3. The highest BCUT2D eigenvalue weighted by Crippen LogP contribution is 2.29. The molecule has 22 heavy (non-hydrogen) atoms. The third kappa shape index (κ3) is 3.54. The Bertz CT molecular complexity index is 569. The molecule has 0 saturated carbocycles. The van der Waals surface area contributed by atoms with Gasteiger partial charge in [0.15, 0.2) is 5.76 Å². The minimum atomic E-state index is -0.912. The largest absolute Gasteiger partial charge is 0.404 e. The van der Waals surface area contributed by atoms with Gasteiger partial charge in [-0.15, -0.1) is 5.06 Å². The zero-order chi connectivity index (χ0) is 16.1. The van der Waals surface area contributed by atoms with Crippen molar-refractivity contribution in [2.24, 2.45) is 5.73 Å². The van der Waals surface area contributed by atoms with Gasteiger partial charge in [0, 0.05) is 5.56 Å². The van der Waals surface area contributed by atoms with Crippen LogP contribution in [0, 0.1) is 0 Å². The summed E-state index contributed by atoms with van der Waals surface area (Å²) >= 11 is 0. The van der Waals surface area contributed by atoms with Crippen molar-refractivity contribution in [3.05, 3.63) is 42.0 Å². The minimum Gasteiger partial charge on any atom is -0.404 e. The molecule has 1 amide bonds. The molecule has 1 aromatic rings. The first-order chi connectivity index (χ1) is 10.5. The zero-order valence-electron chi connectivity index (χ0n) is 13.0. The third-order valence-electron chi connectivity index (χ3n) is 3.74. The van der Waals surface area contributed by atoms with Gasteiger partial charge in [-0.3, -0.25) is 9.59 Å². The quantitative estimate of drug-likeness (QED) is 0.784. The number of amides is 1. The van der Waals surface area contributed by atoms with Crippen molar-refractivity contribution < 1.29 is 14.4 Å². The molecule has 0 aromatic heterocycles. The molecule has 0 aliphatic carbocycles. The van der Waals surface area contributed by atoms with Crippen LogP contribution >= 0.6 is 0 Å². The smallest absolute Gasteiger partial charge is 0.286 e. The van der Waals surface area contributed by atoms with Crippen LogP contribution in [0.3, 0.4) is 0 Å². The second kappa shape index (κ2) is 7.22. The number of hydrogen-bond acceptors (Lipinski definition) is 4. The van der Waals surface area contributed by atoms with E-state index in [2.05, 4.69) is 0 Å². The molecular weight excluding hydrogens is 280 g/mol. The van der Waals surface area contributed by atoms with Crippen LogP contribution in [0.5, 0.6) is 0 Å². The number of Topliss-reactive ketones (excluding diaryl/α,β-unsaturated/α-hetero) is 1. The van der Waals surface area contributed by atoms with E-state index in [-0.39, 0.29) is 6.04 Å². The maximum absolute atomic E-state index is 12.1. The number of carbonyl (C=O) groups excluding carboxylic acids is 2. The van der Waals surface area contributed by atoms with Crippen molar-refractivity contribution >= 4 is 17.4 Å². The predicted molar refractivity (Wildman–Crippen MR) is 84.3 cm³/mol. The lowest BCUT2D eigenvalue weighted by atomic mass is 10.0. The summed E-state index contributed by atoms with van der Waals surface area (Å²) in [7, 11) is 0. The van der Waals surface area contributed by atoms with Gasteiger partial charge in [-0.1, -0.05) is 50.1 Å². The summed E-state index contributed by atoms with van der Waals surface area (Å²) in [5.41, 5.74) is 6.12. The Kier molecular flexibility index (Phi) is 5.33. The van der Waals surface area contributed by atoms with Crippen LogP contribution in [0.4, 0.5) is 0 Å². The lowest BCUT2D eigenvalue weighted by Gasteiger charge is -2.28. The third-order valence-corrected chi connectivity index (χ3v) is 3.74. The molecule has 2 rings (SSSR count). The van der Waals surface area contributed by atoms with Gasteiger partial charge >= 0.3 is 0 Å². The molecule has 5 heteroatoms. The number of nitrogens with two attached hydrogens (primary N) is 1. The fourth-order valence-electron chi connectivity index (χ4n) is 2.55. The van der Waals surface area contributed by atoms with E-state index in [0.29, 0.717) is 12.2 Å². The van der Waals surface area contributed by atoms with Gasteiger partial charge in [0.1, 0.15) is 6.04 Å². The van der Waals surface area contributed by atoms with E-state index >= 15 is 0 Å². The van der Waals surface area contributed by atoms with Crippen LogP contribution < -0.4 is 5.73 Å². The van der Waals surface area contributed by atoms with E-state index in [1.165, 1.54) is 0 Å². The van der Waals surface area contributed by atoms with E-state index in [0.717, 1.165) is 18.4 Å². The SMILES string of the molecule is CCCCC(C(=O)C(N)=O)N1OC(c2ccccc2)=C[C@@H]1C. The standard InChI is InChI=1S/C17H22N2O3/c1-3-4-10-14(16(20)17(18)21)19-12(2)11-15(22-19)13-8-6-5-7-9-13/h5-9,11-12,14H,3-4,10H2,1-2H3,(H2,18,21)/t12-,14?/m0/s1. The predicted octanol–water partition coefficient (Wildman–Crippen LogP) is 2.28. The first-order valence-electron chi connectivity index (χ1n) is 7.61. The highest BCUT2D eigenvalue weighted by Gasteiger charge is 2.37. The van der Waals surface area contributed by atoms with Crippen molar-refractivity contribution in [2.75, 3.05) is 0 Å². The monoisotopic (exact) mass is 302 g/mol.